The number of aromatic nitrogens is 5. The van der Waals surface area contributed by atoms with Gasteiger partial charge in [-0.1, -0.05) is 35.5 Å². The Kier molecular flexibility index (Phi) is 5.31. The maximum atomic E-state index is 5.91. The van der Waals surface area contributed by atoms with Crippen molar-refractivity contribution in [1.82, 2.24) is 25.0 Å². The number of para-hydroxylation sites is 1. The van der Waals surface area contributed by atoms with Gasteiger partial charge in [0.2, 0.25) is 11.8 Å². The maximum absolute atomic E-state index is 5.91. The third-order valence-corrected chi connectivity index (χ3v) is 5.32. The number of rotatable bonds is 6. The van der Waals surface area contributed by atoms with Crippen LogP contribution in [-0.2, 0) is 12.8 Å². The Morgan fingerprint density at radius 3 is 2.61 bits per heavy atom. The fraction of sp³-hybridized carbons (Fsp3) is 0.158. The molecule has 0 N–H and O–H groups in total. The van der Waals surface area contributed by atoms with Crippen molar-refractivity contribution in [2.75, 3.05) is 7.11 Å². The van der Waals surface area contributed by atoms with Gasteiger partial charge in [0.25, 0.3) is 0 Å². The SMILES string of the molecule is COc1ccccc1-c1nnc(SCc2nnc(-c3ccc(Cl)cc3)o2)n1C. The van der Waals surface area contributed by atoms with Crippen LogP contribution in [0.1, 0.15) is 5.89 Å². The zero-order valence-electron chi connectivity index (χ0n) is 15.2. The highest BCUT2D eigenvalue weighted by atomic mass is 35.5. The van der Waals surface area contributed by atoms with E-state index in [1.54, 1.807) is 19.2 Å². The Bertz CT molecular complexity index is 1090. The number of methoxy groups -OCH3 is 1. The average Bonchev–Trinajstić information content (AvgIpc) is 3.34. The summed E-state index contributed by atoms with van der Waals surface area (Å²) in [5, 5.41) is 18.2. The van der Waals surface area contributed by atoms with Crippen LogP contribution in [0.5, 0.6) is 5.75 Å². The Morgan fingerprint density at radius 2 is 1.82 bits per heavy atom. The summed E-state index contributed by atoms with van der Waals surface area (Å²) in [4.78, 5) is 0. The number of hydrogen-bond acceptors (Lipinski definition) is 7. The number of hydrogen-bond donors (Lipinski definition) is 0. The number of halogens is 1. The van der Waals surface area contributed by atoms with Crippen molar-refractivity contribution in [1.29, 1.82) is 0 Å². The molecule has 0 aliphatic heterocycles. The van der Waals surface area contributed by atoms with Gasteiger partial charge in [0.15, 0.2) is 11.0 Å². The van der Waals surface area contributed by atoms with Crippen molar-refractivity contribution in [3.8, 4) is 28.6 Å². The molecule has 2 aromatic carbocycles. The summed E-state index contributed by atoms with van der Waals surface area (Å²) in [5.74, 6) is 2.93. The van der Waals surface area contributed by atoms with Gasteiger partial charge in [-0.25, -0.2) is 0 Å². The number of thioether (sulfide) groups is 1. The normalized spacial score (nSPS) is 11.0. The smallest absolute Gasteiger partial charge is 0.247 e. The number of benzene rings is 2. The van der Waals surface area contributed by atoms with Gasteiger partial charge in [0.1, 0.15) is 5.75 Å². The fourth-order valence-corrected chi connectivity index (χ4v) is 3.53. The third kappa shape index (κ3) is 3.74. The molecule has 4 rings (SSSR count). The molecule has 28 heavy (non-hydrogen) atoms. The molecule has 0 atom stereocenters. The van der Waals surface area contributed by atoms with E-state index < -0.39 is 0 Å². The van der Waals surface area contributed by atoms with Crippen molar-refractivity contribution in [3.63, 3.8) is 0 Å². The molecule has 0 aliphatic carbocycles. The first-order chi connectivity index (χ1) is 13.7. The minimum absolute atomic E-state index is 0.458. The van der Waals surface area contributed by atoms with Gasteiger partial charge in [0, 0.05) is 17.6 Å². The summed E-state index contributed by atoms with van der Waals surface area (Å²) in [7, 11) is 3.55. The summed E-state index contributed by atoms with van der Waals surface area (Å²) in [5.41, 5.74) is 1.71. The highest BCUT2D eigenvalue weighted by Crippen LogP contribution is 2.31. The standard InChI is InChI=1S/C19H16ClN5O2S/c1-25-17(14-5-3-4-6-15(14)26-2)22-24-19(25)28-11-16-21-23-18(27-16)12-7-9-13(20)10-8-12/h3-10H,11H2,1-2H3. The Morgan fingerprint density at radius 1 is 1.04 bits per heavy atom. The van der Waals surface area contributed by atoms with E-state index in [0.717, 1.165) is 27.9 Å². The number of nitrogens with zero attached hydrogens (tertiary/aromatic N) is 5. The van der Waals surface area contributed by atoms with E-state index in [9.17, 15) is 0 Å². The van der Waals surface area contributed by atoms with Crippen LogP contribution in [0.25, 0.3) is 22.8 Å². The summed E-state index contributed by atoms with van der Waals surface area (Å²) >= 11 is 7.38. The van der Waals surface area contributed by atoms with E-state index in [-0.39, 0.29) is 0 Å². The van der Waals surface area contributed by atoms with Crippen LogP contribution < -0.4 is 4.74 Å². The Labute approximate surface area is 170 Å². The van der Waals surface area contributed by atoms with E-state index in [1.807, 2.05) is 48.0 Å². The Balaban J connectivity index is 1.49. The van der Waals surface area contributed by atoms with Gasteiger partial charge >= 0.3 is 0 Å². The van der Waals surface area contributed by atoms with Crippen LogP contribution in [0.2, 0.25) is 5.02 Å². The van der Waals surface area contributed by atoms with Crippen LogP contribution in [0.3, 0.4) is 0 Å². The van der Waals surface area contributed by atoms with E-state index in [2.05, 4.69) is 20.4 Å². The summed E-state index contributed by atoms with van der Waals surface area (Å²) in [6, 6.07) is 15.0. The molecule has 142 valence electrons. The van der Waals surface area contributed by atoms with Gasteiger partial charge in [-0.3, -0.25) is 0 Å². The molecule has 2 heterocycles. The molecule has 4 aromatic rings. The van der Waals surface area contributed by atoms with E-state index in [1.165, 1.54) is 11.8 Å². The lowest BCUT2D eigenvalue weighted by molar-refractivity contribution is 0.416. The molecular weight excluding hydrogens is 398 g/mol. The van der Waals surface area contributed by atoms with E-state index >= 15 is 0 Å². The predicted octanol–water partition coefficient (Wildman–Crippen LogP) is 4.49. The van der Waals surface area contributed by atoms with Crippen LogP contribution >= 0.6 is 23.4 Å². The van der Waals surface area contributed by atoms with E-state index in [0.29, 0.717) is 22.6 Å². The van der Waals surface area contributed by atoms with Crippen LogP contribution in [0.4, 0.5) is 0 Å². The summed E-state index contributed by atoms with van der Waals surface area (Å²) in [6.07, 6.45) is 0. The second-order valence-electron chi connectivity index (χ2n) is 5.86. The molecule has 0 saturated heterocycles. The van der Waals surface area contributed by atoms with Crippen molar-refractivity contribution in [3.05, 3.63) is 59.4 Å². The number of ether oxygens (including phenoxy) is 1. The second-order valence-corrected chi connectivity index (χ2v) is 7.24. The molecule has 0 saturated carbocycles. The first kappa shape index (κ1) is 18.5. The van der Waals surface area contributed by atoms with Gasteiger partial charge in [-0.05, 0) is 36.4 Å². The lowest BCUT2D eigenvalue weighted by atomic mass is 10.2. The predicted molar refractivity (Wildman–Crippen MR) is 107 cm³/mol. The monoisotopic (exact) mass is 413 g/mol. The minimum Gasteiger partial charge on any atom is -0.496 e. The second kappa shape index (κ2) is 8.04. The lowest BCUT2D eigenvalue weighted by Gasteiger charge is -2.07. The first-order valence-electron chi connectivity index (χ1n) is 8.39. The molecule has 0 fully saturated rings. The zero-order valence-corrected chi connectivity index (χ0v) is 16.7. The molecule has 0 bridgehead atoms. The fourth-order valence-electron chi connectivity index (χ4n) is 2.65. The van der Waals surface area contributed by atoms with Crippen molar-refractivity contribution < 1.29 is 9.15 Å². The van der Waals surface area contributed by atoms with Gasteiger partial charge in [-0.2, -0.15) is 0 Å². The molecule has 0 aliphatic rings. The summed E-state index contributed by atoms with van der Waals surface area (Å²) < 4.78 is 13.1. The van der Waals surface area contributed by atoms with Crippen LogP contribution in [0, 0.1) is 0 Å². The minimum atomic E-state index is 0.458. The third-order valence-electron chi connectivity index (χ3n) is 4.07. The van der Waals surface area contributed by atoms with Gasteiger partial charge in [-0.15, -0.1) is 20.4 Å². The first-order valence-corrected chi connectivity index (χ1v) is 9.76. The zero-order chi connectivity index (χ0) is 19.5. The molecular formula is C19H16ClN5O2S. The van der Waals surface area contributed by atoms with Gasteiger partial charge < -0.3 is 13.7 Å². The molecule has 0 amide bonds. The van der Waals surface area contributed by atoms with E-state index in [4.69, 9.17) is 20.8 Å². The lowest BCUT2D eigenvalue weighted by Crippen LogP contribution is -1.97. The maximum Gasteiger partial charge on any atom is 0.247 e. The van der Waals surface area contributed by atoms with Crippen molar-refractivity contribution in [2.45, 2.75) is 10.9 Å². The van der Waals surface area contributed by atoms with Crippen molar-refractivity contribution in [2.24, 2.45) is 7.05 Å². The quantitative estimate of drug-likeness (QED) is 0.431. The summed E-state index contributed by atoms with van der Waals surface area (Å²) in [6.45, 7) is 0. The van der Waals surface area contributed by atoms with Crippen LogP contribution in [-0.4, -0.2) is 32.1 Å². The molecule has 9 heteroatoms. The van der Waals surface area contributed by atoms with Gasteiger partial charge in [0.05, 0.1) is 18.4 Å². The topological polar surface area (TPSA) is 78.9 Å². The molecule has 7 nitrogen and oxygen atoms in total. The molecule has 0 unspecified atom stereocenters. The molecule has 0 spiro atoms. The highest BCUT2D eigenvalue weighted by molar-refractivity contribution is 7.98. The average molecular weight is 414 g/mol. The van der Waals surface area contributed by atoms with Crippen LogP contribution in [0.15, 0.2) is 58.1 Å². The van der Waals surface area contributed by atoms with Crippen molar-refractivity contribution >= 4 is 23.4 Å². The molecule has 2 aromatic heterocycles. The highest BCUT2D eigenvalue weighted by Gasteiger charge is 2.16. The molecule has 0 radical (unpaired) electrons. The Hall–Kier alpha value is -2.84. The largest absolute Gasteiger partial charge is 0.496 e.